The monoisotopic (exact) mass is 165 g/mol. The lowest BCUT2D eigenvalue weighted by Gasteiger charge is -2.26. The molecular formula is C7H7N3O2. The van der Waals surface area contributed by atoms with Gasteiger partial charge in [0.1, 0.15) is 6.04 Å². The lowest BCUT2D eigenvalue weighted by atomic mass is 9.95. The molecule has 2 heterocycles. The third-order valence-electron chi connectivity index (χ3n) is 1.87. The van der Waals surface area contributed by atoms with Crippen molar-refractivity contribution in [1.82, 2.24) is 10.9 Å². The Kier molecular flexibility index (Phi) is 1.43. The highest BCUT2D eigenvalue weighted by Crippen LogP contribution is 2.15. The molecule has 0 aromatic heterocycles. The van der Waals surface area contributed by atoms with Crippen molar-refractivity contribution in [3.63, 3.8) is 0 Å². The van der Waals surface area contributed by atoms with Crippen molar-refractivity contribution in [2.75, 3.05) is 0 Å². The van der Waals surface area contributed by atoms with Gasteiger partial charge in [0.15, 0.2) is 0 Å². The second kappa shape index (κ2) is 2.44. The summed E-state index contributed by atoms with van der Waals surface area (Å²) in [6.45, 7) is 0. The molecule has 0 aromatic carbocycles. The van der Waals surface area contributed by atoms with Crippen LogP contribution in [0.3, 0.4) is 0 Å². The molecule has 5 nitrogen and oxygen atoms in total. The molecule has 0 saturated carbocycles. The van der Waals surface area contributed by atoms with Crippen LogP contribution in [0.15, 0.2) is 17.1 Å². The molecule has 2 N–H and O–H groups in total. The van der Waals surface area contributed by atoms with Crippen molar-refractivity contribution in [1.29, 1.82) is 0 Å². The number of fused-ring (bicyclic) bond motifs is 1. The van der Waals surface area contributed by atoms with E-state index in [1.54, 1.807) is 12.2 Å². The zero-order chi connectivity index (χ0) is 8.55. The molecule has 5 heteroatoms. The fraction of sp³-hybridized carbons (Fsp3) is 0.286. The highest BCUT2D eigenvalue weighted by Gasteiger charge is 2.36. The number of carbonyl (C=O) groups is 2. The minimum atomic E-state index is -0.580. The van der Waals surface area contributed by atoms with Crippen molar-refractivity contribution < 1.29 is 9.59 Å². The van der Waals surface area contributed by atoms with Gasteiger partial charge in [-0.05, 0) is 6.08 Å². The summed E-state index contributed by atoms with van der Waals surface area (Å²) in [6.07, 6.45) is 4.87. The van der Waals surface area contributed by atoms with Crippen LogP contribution in [-0.2, 0) is 9.59 Å². The van der Waals surface area contributed by atoms with Gasteiger partial charge in [-0.1, -0.05) is 6.08 Å². The molecule has 2 rings (SSSR count). The molecule has 0 spiro atoms. The average molecular weight is 165 g/mol. The Bertz CT molecular complexity index is 265. The van der Waals surface area contributed by atoms with Crippen LogP contribution in [0.25, 0.3) is 0 Å². The second-order valence-electron chi connectivity index (χ2n) is 2.63. The second-order valence-corrected chi connectivity index (χ2v) is 2.63. The number of amides is 2. The number of nitrogens with one attached hydrogen (secondary N) is 2. The van der Waals surface area contributed by atoms with Gasteiger partial charge in [0.25, 0.3) is 5.91 Å². The molecule has 0 radical (unpaired) electrons. The van der Waals surface area contributed by atoms with Gasteiger partial charge in [0.2, 0.25) is 5.91 Å². The van der Waals surface area contributed by atoms with Crippen molar-refractivity contribution in [2.45, 2.75) is 6.04 Å². The van der Waals surface area contributed by atoms with Crippen LogP contribution in [0.2, 0.25) is 0 Å². The molecule has 1 saturated heterocycles. The molecule has 0 bridgehead atoms. The van der Waals surface area contributed by atoms with Gasteiger partial charge in [0, 0.05) is 6.21 Å². The highest BCUT2D eigenvalue weighted by atomic mass is 16.2. The molecule has 12 heavy (non-hydrogen) atoms. The smallest absolute Gasteiger partial charge is 0.264 e. The summed E-state index contributed by atoms with van der Waals surface area (Å²) in [4.78, 5) is 26.1. The Balaban J connectivity index is 2.30. The Hall–Kier alpha value is -1.65. The summed E-state index contributed by atoms with van der Waals surface area (Å²) in [5.74, 6) is -0.920. The summed E-state index contributed by atoms with van der Waals surface area (Å²) >= 11 is 0. The van der Waals surface area contributed by atoms with E-state index >= 15 is 0 Å². The Labute approximate surface area is 68.5 Å². The maximum atomic E-state index is 11.1. The maximum Gasteiger partial charge on any atom is 0.264 e. The fourth-order valence-electron chi connectivity index (χ4n) is 1.25. The molecule has 2 unspecified atom stereocenters. The van der Waals surface area contributed by atoms with Crippen molar-refractivity contribution in [2.24, 2.45) is 10.9 Å². The van der Waals surface area contributed by atoms with Crippen LogP contribution in [0.5, 0.6) is 0 Å². The van der Waals surface area contributed by atoms with Crippen LogP contribution < -0.4 is 10.9 Å². The predicted octanol–water partition coefficient (Wildman–Crippen LogP) is -1.23. The van der Waals surface area contributed by atoms with Gasteiger partial charge < -0.3 is 0 Å². The quantitative estimate of drug-likeness (QED) is 0.472. The molecule has 0 aromatic rings. The minimum Gasteiger partial charge on any atom is -0.279 e. The zero-order valence-corrected chi connectivity index (χ0v) is 6.15. The average Bonchev–Trinajstić information content (AvgIpc) is 2.12. The van der Waals surface area contributed by atoms with E-state index in [1.165, 1.54) is 6.21 Å². The van der Waals surface area contributed by atoms with E-state index in [0.29, 0.717) is 0 Å². The predicted molar refractivity (Wildman–Crippen MR) is 41.2 cm³/mol. The number of nitrogens with zero attached hydrogens (tertiary/aromatic N) is 1. The topological polar surface area (TPSA) is 70.6 Å². The van der Waals surface area contributed by atoms with Crippen LogP contribution in [-0.4, -0.2) is 24.1 Å². The summed E-state index contributed by atoms with van der Waals surface area (Å²) < 4.78 is 0. The first-order valence-corrected chi connectivity index (χ1v) is 3.59. The number of aliphatic imine (C=N–C) groups is 1. The molecule has 2 amide bonds. The molecule has 2 atom stereocenters. The van der Waals surface area contributed by atoms with Gasteiger partial charge in [-0.3, -0.25) is 25.4 Å². The summed E-state index contributed by atoms with van der Waals surface area (Å²) in [5, 5.41) is 0. The first-order chi connectivity index (χ1) is 5.79. The molecule has 0 aliphatic carbocycles. The number of hydrogen-bond acceptors (Lipinski definition) is 3. The molecule has 2 aliphatic rings. The first kappa shape index (κ1) is 7.02. The lowest BCUT2D eigenvalue weighted by molar-refractivity contribution is -0.138. The fourth-order valence-corrected chi connectivity index (χ4v) is 1.25. The van der Waals surface area contributed by atoms with Gasteiger partial charge in [0.05, 0.1) is 5.92 Å². The van der Waals surface area contributed by atoms with Crippen LogP contribution in [0.1, 0.15) is 0 Å². The molecule has 1 fully saturated rings. The van der Waals surface area contributed by atoms with Crippen LogP contribution in [0.4, 0.5) is 0 Å². The molecule has 2 aliphatic heterocycles. The normalized spacial score (nSPS) is 32.3. The third kappa shape index (κ3) is 0.903. The number of rotatable bonds is 0. The summed E-state index contributed by atoms with van der Waals surface area (Å²) in [6, 6.07) is -0.580. The van der Waals surface area contributed by atoms with E-state index in [4.69, 9.17) is 0 Å². The number of hydrogen-bond donors (Lipinski definition) is 2. The molecular weight excluding hydrogens is 158 g/mol. The van der Waals surface area contributed by atoms with Gasteiger partial charge in [-0.15, -0.1) is 0 Å². The van der Waals surface area contributed by atoms with Crippen LogP contribution >= 0.6 is 0 Å². The van der Waals surface area contributed by atoms with E-state index in [9.17, 15) is 9.59 Å². The number of dihydropyridines is 1. The van der Waals surface area contributed by atoms with E-state index < -0.39 is 12.0 Å². The molecule has 62 valence electrons. The number of carbonyl (C=O) groups excluding carboxylic acids is 2. The van der Waals surface area contributed by atoms with Gasteiger partial charge in [-0.25, -0.2) is 0 Å². The van der Waals surface area contributed by atoms with E-state index in [0.717, 1.165) is 0 Å². The summed E-state index contributed by atoms with van der Waals surface area (Å²) in [7, 11) is 0. The Morgan fingerprint density at radius 3 is 2.75 bits per heavy atom. The maximum absolute atomic E-state index is 11.1. The third-order valence-corrected chi connectivity index (χ3v) is 1.87. The van der Waals surface area contributed by atoms with Crippen LogP contribution in [0, 0.1) is 5.92 Å². The van der Waals surface area contributed by atoms with Crippen molar-refractivity contribution in [3.05, 3.63) is 12.2 Å². The highest BCUT2D eigenvalue weighted by molar-refractivity contribution is 5.98. The van der Waals surface area contributed by atoms with E-state index in [2.05, 4.69) is 15.8 Å². The van der Waals surface area contributed by atoms with Gasteiger partial charge in [-0.2, -0.15) is 0 Å². The van der Waals surface area contributed by atoms with Crippen molar-refractivity contribution >= 4 is 18.0 Å². The minimum absolute atomic E-state index is 0.215. The van der Waals surface area contributed by atoms with E-state index in [1.807, 2.05) is 0 Å². The largest absolute Gasteiger partial charge is 0.279 e. The first-order valence-electron chi connectivity index (χ1n) is 3.59. The number of allylic oxidation sites excluding steroid dienone is 1. The van der Waals surface area contributed by atoms with Gasteiger partial charge >= 0.3 is 0 Å². The Morgan fingerprint density at radius 1 is 1.25 bits per heavy atom. The zero-order valence-electron chi connectivity index (χ0n) is 6.15. The lowest BCUT2D eigenvalue weighted by Crippen LogP contribution is -2.58. The van der Waals surface area contributed by atoms with Crippen molar-refractivity contribution in [3.8, 4) is 0 Å². The SMILES string of the molecule is O=C1NNC(=O)C2N=CC=CC12. The standard InChI is InChI=1S/C7H7N3O2/c11-6-4-2-1-3-8-5(4)7(12)10-9-6/h1-5H,(H,9,11)(H,10,12). The number of hydrazine groups is 1. The summed E-state index contributed by atoms with van der Waals surface area (Å²) in [5.41, 5.74) is 4.51. The Morgan fingerprint density at radius 2 is 2.00 bits per heavy atom. The van der Waals surface area contributed by atoms with E-state index in [-0.39, 0.29) is 11.8 Å².